The number of ether oxygens (including phenoxy) is 2. The Labute approximate surface area is 196 Å². The average Bonchev–Trinajstić information content (AvgIpc) is 3.19. The minimum absolute atomic E-state index is 0.762. The summed E-state index contributed by atoms with van der Waals surface area (Å²) in [7, 11) is 0. The number of benzene rings is 2. The van der Waals surface area contributed by atoms with Gasteiger partial charge in [-0.25, -0.2) is 0 Å². The third-order valence-electron chi connectivity index (χ3n) is 6.65. The first kappa shape index (κ1) is 24.7. The molecule has 2 aromatic carbocycles. The first-order chi connectivity index (χ1) is 15.8. The van der Waals surface area contributed by atoms with Gasteiger partial charge in [-0.05, 0) is 35.6 Å². The molecule has 0 heterocycles. The Kier molecular flexibility index (Phi) is 11.0. The molecule has 0 fully saturated rings. The zero-order chi connectivity index (χ0) is 22.4. The van der Waals surface area contributed by atoms with Crippen molar-refractivity contribution in [3.63, 3.8) is 0 Å². The molecular weight excluding hydrogens is 392 g/mol. The molecule has 0 unspecified atom stereocenters. The molecule has 2 aromatic rings. The van der Waals surface area contributed by atoms with E-state index in [1.807, 2.05) is 0 Å². The molecule has 176 valence electrons. The van der Waals surface area contributed by atoms with Crippen LogP contribution in [0.5, 0.6) is 11.5 Å². The van der Waals surface area contributed by atoms with Crippen molar-refractivity contribution in [1.82, 2.24) is 0 Å². The van der Waals surface area contributed by atoms with Gasteiger partial charge >= 0.3 is 0 Å². The van der Waals surface area contributed by atoms with Crippen LogP contribution in [0.25, 0.3) is 11.1 Å². The summed E-state index contributed by atoms with van der Waals surface area (Å²) >= 11 is 0. The summed E-state index contributed by atoms with van der Waals surface area (Å²) in [4.78, 5) is 0. The maximum absolute atomic E-state index is 6.28. The third-order valence-corrected chi connectivity index (χ3v) is 6.65. The molecule has 0 bridgehead atoms. The average molecular weight is 437 g/mol. The van der Waals surface area contributed by atoms with E-state index < -0.39 is 0 Å². The van der Waals surface area contributed by atoms with Crippen LogP contribution in [0, 0.1) is 0 Å². The van der Waals surface area contributed by atoms with Crippen molar-refractivity contribution in [1.29, 1.82) is 0 Å². The smallest absolute Gasteiger partial charge is 0.165 e. The van der Waals surface area contributed by atoms with E-state index in [0.29, 0.717) is 0 Å². The molecule has 1 aliphatic rings. The van der Waals surface area contributed by atoms with E-state index in [-0.39, 0.29) is 0 Å². The molecular formula is C30H44O2. The van der Waals surface area contributed by atoms with Crippen molar-refractivity contribution in [3.8, 4) is 22.6 Å². The highest BCUT2D eigenvalue weighted by Crippen LogP contribution is 2.45. The molecule has 2 heteroatoms. The van der Waals surface area contributed by atoms with E-state index in [1.165, 1.54) is 86.5 Å². The van der Waals surface area contributed by atoms with Crippen molar-refractivity contribution >= 4 is 0 Å². The van der Waals surface area contributed by atoms with Crippen LogP contribution >= 0.6 is 0 Å². The Morgan fingerprint density at radius 3 is 1.94 bits per heavy atom. The highest BCUT2D eigenvalue weighted by molar-refractivity contribution is 5.80. The molecule has 0 N–H and O–H groups in total. The van der Waals surface area contributed by atoms with E-state index in [9.17, 15) is 0 Å². The van der Waals surface area contributed by atoms with Crippen LogP contribution in [0.4, 0.5) is 0 Å². The topological polar surface area (TPSA) is 18.5 Å². The summed E-state index contributed by atoms with van der Waals surface area (Å²) in [5.41, 5.74) is 5.36. The zero-order valence-corrected chi connectivity index (χ0v) is 20.6. The molecule has 0 amide bonds. The molecule has 2 nitrogen and oxygen atoms in total. The summed E-state index contributed by atoms with van der Waals surface area (Å²) in [5, 5.41) is 0. The lowest BCUT2D eigenvalue weighted by Gasteiger charge is -2.16. The van der Waals surface area contributed by atoms with Gasteiger partial charge in [0, 0.05) is 12.0 Å². The van der Waals surface area contributed by atoms with Gasteiger partial charge in [-0.1, -0.05) is 115 Å². The van der Waals surface area contributed by atoms with Gasteiger partial charge in [0.2, 0.25) is 0 Å². The molecule has 0 saturated heterocycles. The zero-order valence-electron chi connectivity index (χ0n) is 20.6. The third kappa shape index (κ3) is 7.29. The number of hydrogen-bond donors (Lipinski definition) is 0. The van der Waals surface area contributed by atoms with Crippen LogP contribution in [0.1, 0.15) is 108 Å². The van der Waals surface area contributed by atoms with Gasteiger partial charge < -0.3 is 9.47 Å². The maximum atomic E-state index is 6.28. The summed E-state index contributed by atoms with van der Waals surface area (Å²) in [5.74, 6) is 1.91. The molecule has 1 aliphatic carbocycles. The SMILES string of the molecule is CCCCCCCCCCCCCOc1ccc2c(c1OCCCC)Cc1ccccc1-2. The summed E-state index contributed by atoms with van der Waals surface area (Å²) in [6.45, 7) is 6.04. The lowest BCUT2D eigenvalue weighted by molar-refractivity contribution is 0.258. The number of hydrogen-bond acceptors (Lipinski definition) is 2. The molecule has 0 aromatic heterocycles. The number of unbranched alkanes of at least 4 members (excludes halogenated alkanes) is 11. The molecule has 0 spiro atoms. The fourth-order valence-corrected chi connectivity index (χ4v) is 4.70. The van der Waals surface area contributed by atoms with Crippen molar-refractivity contribution in [2.45, 2.75) is 104 Å². The summed E-state index contributed by atoms with van der Waals surface area (Å²) in [6.07, 6.45) is 18.1. The molecule has 3 rings (SSSR count). The highest BCUT2D eigenvalue weighted by atomic mass is 16.5. The summed E-state index contributed by atoms with van der Waals surface area (Å²) in [6, 6.07) is 13.1. The van der Waals surface area contributed by atoms with Crippen LogP contribution < -0.4 is 9.47 Å². The lowest BCUT2D eigenvalue weighted by Crippen LogP contribution is -2.05. The minimum atomic E-state index is 0.762. The monoisotopic (exact) mass is 436 g/mol. The molecule has 0 radical (unpaired) electrons. The van der Waals surface area contributed by atoms with Crippen molar-refractivity contribution in [2.75, 3.05) is 13.2 Å². The quantitative estimate of drug-likeness (QED) is 0.196. The van der Waals surface area contributed by atoms with E-state index >= 15 is 0 Å². The van der Waals surface area contributed by atoms with Crippen LogP contribution in [0.2, 0.25) is 0 Å². The van der Waals surface area contributed by atoms with Gasteiger partial charge in [-0.3, -0.25) is 0 Å². The normalized spacial score (nSPS) is 11.9. The standard InChI is InChI=1S/C30H44O2/c1-3-5-7-8-9-10-11-12-13-14-17-23-31-29-21-20-27-26-19-16-15-18-25(26)24-28(27)30(29)32-22-6-4-2/h15-16,18-21H,3-14,17,22-24H2,1-2H3. The van der Waals surface area contributed by atoms with Gasteiger partial charge in [0.15, 0.2) is 11.5 Å². The minimum Gasteiger partial charge on any atom is -0.490 e. The fourth-order valence-electron chi connectivity index (χ4n) is 4.70. The van der Waals surface area contributed by atoms with Gasteiger partial charge in [0.1, 0.15) is 0 Å². The van der Waals surface area contributed by atoms with Crippen LogP contribution in [0.3, 0.4) is 0 Å². The second kappa shape index (κ2) is 14.2. The van der Waals surface area contributed by atoms with Crippen molar-refractivity contribution in [2.24, 2.45) is 0 Å². The van der Waals surface area contributed by atoms with Crippen molar-refractivity contribution in [3.05, 3.63) is 47.5 Å². The van der Waals surface area contributed by atoms with E-state index in [0.717, 1.165) is 50.4 Å². The van der Waals surface area contributed by atoms with Gasteiger partial charge in [0.25, 0.3) is 0 Å². The van der Waals surface area contributed by atoms with E-state index in [4.69, 9.17) is 9.47 Å². The Hall–Kier alpha value is -1.96. The first-order valence-corrected chi connectivity index (χ1v) is 13.3. The second-order valence-electron chi connectivity index (χ2n) is 9.34. The van der Waals surface area contributed by atoms with Crippen LogP contribution in [-0.2, 0) is 6.42 Å². The Morgan fingerprint density at radius 1 is 0.594 bits per heavy atom. The molecule has 0 saturated carbocycles. The highest BCUT2D eigenvalue weighted by Gasteiger charge is 2.24. The van der Waals surface area contributed by atoms with E-state index in [1.54, 1.807) is 0 Å². The van der Waals surface area contributed by atoms with Crippen molar-refractivity contribution < 1.29 is 9.47 Å². The Balaban J connectivity index is 1.42. The molecule has 0 atom stereocenters. The second-order valence-corrected chi connectivity index (χ2v) is 9.34. The van der Waals surface area contributed by atoms with E-state index in [2.05, 4.69) is 50.2 Å². The Morgan fingerprint density at radius 2 is 1.22 bits per heavy atom. The van der Waals surface area contributed by atoms with Gasteiger partial charge in [-0.15, -0.1) is 0 Å². The van der Waals surface area contributed by atoms with Gasteiger partial charge in [-0.2, -0.15) is 0 Å². The summed E-state index contributed by atoms with van der Waals surface area (Å²) < 4.78 is 12.5. The predicted octanol–water partition coefficient (Wildman–Crippen LogP) is 9.13. The van der Waals surface area contributed by atoms with Gasteiger partial charge in [0.05, 0.1) is 13.2 Å². The molecule has 32 heavy (non-hydrogen) atoms. The molecule has 0 aliphatic heterocycles. The maximum Gasteiger partial charge on any atom is 0.165 e. The number of fused-ring (bicyclic) bond motifs is 3. The van der Waals surface area contributed by atoms with Crippen LogP contribution in [0.15, 0.2) is 36.4 Å². The fraction of sp³-hybridized carbons (Fsp3) is 0.600. The Bertz CT molecular complexity index is 795. The van der Waals surface area contributed by atoms with Crippen LogP contribution in [-0.4, -0.2) is 13.2 Å². The number of rotatable bonds is 17. The first-order valence-electron chi connectivity index (χ1n) is 13.3. The predicted molar refractivity (Wildman–Crippen MR) is 137 cm³/mol. The lowest BCUT2D eigenvalue weighted by atomic mass is 10.0. The largest absolute Gasteiger partial charge is 0.490 e.